The van der Waals surface area contributed by atoms with Crippen molar-refractivity contribution < 1.29 is 14.3 Å². The number of nitrogens with one attached hydrogen (secondary N) is 2. The summed E-state index contributed by atoms with van der Waals surface area (Å²) in [6.45, 7) is 2.40. The number of likely N-dealkylation sites (tertiary alicyclic amines) is 1. The van der Waals surface area contributed by atoms with Crippen molar-refractivity contribution in [1.82, 2.24) is 15.5 Å². The predicted octanol–water partition coefficient (Wildman–Crippen LogP) is 2.45. The van der Waals surface area contributed by atoms with Crippen molar-refractivity contribution in [1.29, 1.82) is 0 Å². The minimum absolute atomic E-state index is 0. The Bertz CT molecular complexity index is 848. The van der Waals surface area contributed by atoms with Crippen molar-refractivity contribution in [3.05, 3.63) is 47.0 Å². The first-order valence-corrected chi connectivity index (χ1v) is 10.8. The first-order chi connectivity index (χ1) is 14.6. The Labute approximate surface area is 204 Å². The summed E-state index contributed by atoms with van der Waals surface area (Å²) >= 11 is 5.96. The number of halogens is 2. The number of hydrogen-bond donors (Lipinski definition) is 2. The minimum Gasteiger partial charge on any atom is -0.375 e. The van der Waals surface area contributed by atoms with E-state index in [2.05, 4.69) is 27.8 Å². The molecule has 9 heteroatoms. The Hall–Kier alpha value is -1.65. The third kappa shape index (κ3) is 5.23. The number of ether oxygens (including phenoxy) is 1. The molecule has 2 N–H and O–H groups in total. The van der Waals surface area contributed by atoms with Crippen LogP contribution >= 0.6 is 35.6 Å². The van der Waals surface area contributed by atoms with E-state index in [0.29, 0.717) is 43.8 Å². The van der Waals surface area contributed by atoms with E-state index >= 15 is 0 Å². The van der Waals surface area contributed by atoms with E-state index in [4.69, 9.17) is 16.3 Å². The normalized spacial score (nSPS) is 26.3. The van der Waals surface area contributed by atoms with Crippen molar-refractivity contribution in [3.63, 3.8) is 0 Å². The molecule has 1 saturated heterocycles. The van der Waals surface area contributed by atoms with Gasteiger partial charge in [0.1, 0.15) is 0 Å². The summed E-state index contributed by atoms with van der Waals surface area (Å²) < 4.78 is 5.64. The molecule has 168 valence electrons. The number of guanidine groups is 1. The molecular formula is C22H28ClIN4O3. The zero-order valence-corrected chi connectivity index (χ0v) is 20.5. The van der Waals surface area contributed by atoms with E-state index in [1.165, 1.54) is 4.90 Å². The topological polar surface area (TPSA) is 83.0 Å². The van der Waals surface area contributed by atoms with Crippen LogP contribution in [0.5, 0.6) is 0 Å². The lowest BCUT2D eigenvalue weighted by molar-refractivity contribution is -0.140. The second-order valence-corrected chi connectivity index (χ2v) is 8.37. The maximum absolute atomic E-state index is 12.7. The molecule has 1 aliphatic heterocycles. The van der Waals surface area contributed by atoms with Crippen molar-refractivity contribution in [2.24, 2.45) is 28.7 Å². The molecule has 4 unspecified atom stereocenters. The lowest BCUT2D eigenvalue weighted by atomic mass is 9.85. The molecule has 0 radical (unpaired) electrons. The smallest absolute Gasteiger partial charge is 0.233 e. The van der Waals surface area contributed by atoms with Gasteiger partial charge in [-0.3, -0.25) is 19.5 Å². The highest BCUT2D eigenvalue weighted by atomic mass is 127. The molecule has 1 aromatic carbocycles. The molecule has 2 fully saturated rings. The maximum atomic E-state index is 12.7. The van der Waals surface area contributed by atoms with Crippen LogP contribution in [0.3, 0.4) is 0 Å². The predicted molar refractivity (Wildman–Crippen MR) is 130 cm³/mol. The number of amides is 2. The van der Waals surface area contributed by atoms with E-state index in [1.807, 2.05) is 24.3 Å². The lowest BCUT2D eigenvalue weighted by Gasteiger charge is -2.18. The van der Waals surface area contributed by atoms with E-state index < -0.39 is 0 Å². The van der Waals surface area contributed by atoms with Gasteiger partial charge in [-0.1, -0.05) is 35.9 Å². The van der Waals surface area contributed by atoms with Gasteiger partial charge in [0.25, 0.3) is 0 Å². The minimum atomic E-state index is -0.137. The van der Waals surface area contributed by atoms with Gasteiger partial charge < -0.3 is 15.4 Å². The van der Waals surface area contributed by atoms with Crippen molar-refractivity contribution >= 4 is 53.4 Å². The van der Waals surface area contributed by atoms with Crippen LogP contribution in [0, 0.1) is 23.7 Å². The first kappa shape index (κ1) is 24.0. The number of rotatable bonds is 8. The number of hydrogen-bond acceptors (Lipinski definition) is 4. The summed E-state index contributed by atoms with van der Waals surface area (Å²) in [6.07, 6.45) is 5.17. The monoisotopic (exact) mass is 558 g/mol. The third-order valence-corrected chi connectivity index (χ3v) is 6.34. The summed E-state index contributed by atoms with van der Waals surface area (Å²) in [6, 6.07) is 7.58. The highest BCUT2D eigenvalue weighted by Crippen LogP contribution is 2.52. The van der Waals surface area contributed by atoms with Crippen LogP contribution in [0.25, 0.3) is 0 Å². The molecule has 2 bridgehead atoms. The van der Waals surface area contributed by atoms with Crippen LogP contribution in [-0.4, -0.2) is 56.0 Å². The van der Waals surface area contributed by atoms with Gasteiger partial charge in [-0.25, -0.2) is 0 Å². The van der Waals surface area contributed by atoms with E-state index in [9.17, 15) is 9.59 Å². The van der Waals surface area contributed by atoms with E-state index in [0.717, 1.165) is 12.0 Å². The second kappa shape index (κ2) is 10.8. The number of aliphatic imine (C=N–C) groups is 1. The number of carbonyl (C=O) groups is 2. The zero-order valence-electron chi connectivity index (χ0n) is 17.4. The SMILES string of the molecule is CN=C(NCCOCc1cccc(Cl)c1)NCCN1C(=O)C2C3C=CC(C3)C2C1=O.I. The number of carbonyl (C=O) groups excluding carboxylic acids is 2. The van der Waals surface area contributed by atoms with Crippen molar-refractivity contribution in [3.8, 4) is 0 Å². The fourth-order valence-corrected chi connectivity index (χ4v) is 4.96. The average Bonchev–Trinajstić information content (AvgIpc) is 3.42. The van der Waals surface area contributed by atoms with E-state index in [1.54, 1.807) is 7.05 Å². The largest absolute Gasteiger partial charge is 0.375 e. The van der Waals surface area contributed by atoms with Crippen LogP contribution < -0.4 is 10.6 Å². The number of fused-ring (bicyclic) bond motifs is 5. The molecule has 1 heterocycles. The molecule has 0 aromatic heterocycles. The molecule has 1 saturated carbocycles. The third-order valence-electron chi connectivity index (χ3n) is 6.11. The Morgan fingerprint density at radius 3 is 2.48 bits per heavy atom. The van der Waals surface area contributed by atoms with Gasteiger partial charge in [0, 0.05) is 31.7 Å². The van der Waals surface area contributed by atoms with Gasteiger partial charge in [-0.2, -0.15) is 0 Å². The molecule has 2 aliphatic carbocycles. The maximum Gasteiger partial charge on any atom is 0.233 e. The summed E-state index contributed by atoms with van der Waals surface area (Å²) in [5.41, 5.74) is 1.03. The average molecular weight is 559 g/mol. The number of nitrogens with zero attached hydrogens (tertiary/aromatic N) is 2. The first-order valence-electron chi connectivity index (χ1n) is 10.4. The van der Waals surface area contributed by atoms with Gasteiger partial charge in [0.15, 0.2) is 5.96 Å². The molecule has 7 nitrogen and oxygen atoms in total. The van der Waals surface area contributed by atoms with Gasteiger partial charge in [-0.15, -0.1) is 24.0 Å². The number of benzene rings is 1. The molecule has 4 atom stereocenters. The van der Waals surface area contributed by atoms with Gasteiger partial charge in [0.2, 0.25) is 11.8 Å². The van der Waals surface area contributed by atoms with Crippen LogP contribution in [0.1, 0.15) is 12.0 Å². The molecule has 31 heavy (non-hydrogen) atoms. The number of imide groups is 1. The molecule has 3 aliphatic rings. The van der Waals surface area contributed by atoms with Gasteiger partial charge in [0.05, 0.1) is 25.0 Å². The quantitative estimate of drug-likeness (QED) is 0.128. The summed E-state index contributed by atoms with van der Waals surface area (Å²) in [4.78, 5) is 31.0. The highest BCUT2D eigenvalue weighted by molar-refractivity contribution is 14.0. The Morgan fingerprint density at radius 1 is 1.16 bits per heavy atom. The van der Waals surface area contributed by atoms with Crippen LogP contribution in [-0.2, 0) is 20.9 Å². The fourth-order valence-electron chi connectivity index (χ4n) is 4.75. The molecular weight excluding hydrogens is 531 g/mol. The van der Waals surface area contributed by atoms with Crippen molar-refractivity contribution in [2.75, 3.05) is 33.3 Å². The lowest BCUT2D eigenvalue weighted by Crippen LogP contribution is -2.44. The van der Waals surface area contributed by atoms with Gasteiger partial charge >= 0.3 is 0 Å². The Balaban J connectivity index is 0.00000272. The summed E-state index contributed by atoms with van der Waals surface area (Å²) in [5.74, 6) is 0.805. The summed E-state index contributed by atoms with van der Waals surface area (Å²) in [5, 5.41) is 7.03. The molecule has 2 amide bonds. The fraction of sp³-hybridized carbons (Fsp3) is 0.500. The van der Waals surface area contributed by atoms with Crippen LogP contribution in [0.15, 0.2) is 41.4 Å². The Kier molecular flexibility index (Phi) is 8.35. The molecule has 4 rings (SSSR count). The highest BCUT2D eigenvalue weighted by Gasteiger charge is 2.58. The van der Waals surface area contributed by atoms with Crippen molar-refractivity contribution in [2.45, 2.75) is 13.0 Å². The van der Waals surface area contributed by atoms with Crippen LogP contribution in [0.2, 0.25) is 5.02 Å². The molecule has 1 aromatic rings. The Morgan fingerprint density at radius 2 is 1.84 bits per heavy atom. The van der Waals surface area contributed by atoms with E-state index in [-0.39, 0.29) is 59.5 Å². The van der Waals surface area contributed by atoms with Gasteiger partial charge in [-0.05, 0) is 36.0 Å². The number of allylic oxidation sites excluding steroid dienone is 2. The molecule has 0 spiro atoms. The zero-order chi connectivity index (χ0) is 21.1. The second-order valence-electron chi connectivity index (χ2n) is 7.94. The summed E-state index contributed by atoms with van der Waals surface area (Å²) in [7, 11) is 1.68. The van der Waals surface area contributed by atoms with Crippen LogP contribution in [0.4, 0.5) is 0 Å². The standard InChI is InChI=1S/C22H27ClN4O3.HI/c1-24-22(26-8-10-30-13-14-3-2-4-17(23)11-14)25-7-9-27-20(28)18-15-5-6-16(12-15)19(18)21(27)29;/h2-6,11,15-16,18-19H,7-10,12-13H2,1H3,(H2,24,25,26);1H.